The lowest BCUT2D eigenvalue weighted by Crippen LogP contribution is -1.95. The third-order valence-corrected chi connectivity index (χ3v) is 3.59. The van der Waals surface area contributed by atoms with Gasteiger partial charge in [-0.3, -0.25) is 0 Å². The number of hydrogen-bond acceptors (Lipinski definition) is 0. The van der Waals surface area contributed by atoms with Gasteiger partial charge in [-0.2, -0.15) is 0 Å². The normalized spacial score (nSPS) is 12.0. The Labute approximate surface area is 116 Å². The largest absolute Gasteiger partial charge is 0.102 e. The molecule has 0 heterocycles. The highest BCUT2D eigenvalue weighted by molar-refractivity contribution is 5.23. The van der Waals surface area contributed by atoms with Crippen molar-refractivity contribution in [2.45, 2.75) is 31.6 Å². The minimum Gasteiger partial charge on any atom is -0.102 e. The van der Waals surface area contributed by atoms with Gasteiger partial charge >= 0.3 is 0 Å². The first-order valence-corrected chi connectivity index (χ1v) is 7.11. The fraction of sp³-hybridized carbons (Fsp3) is 0.263. The molecule has 0 fully saturated rings. The lowest BCUT2D eigenvalue weighted by molar-refractivity contribution is 0.637. The summed E-state index contributed by atoms with van der Waals surface area (Å²) in [6, 6.07) is 21.4. The standard InChI is InChI=1S/C19H22/c1-2-18(19-15-7-4-8-16-19)14-10-9-13-17-11-5-3-6-12-17/h2-8,11-12,15-16,18H,1,9-10,13-14H2. The molecule has 0 aliphatic rings. The summed E-state index contributed by atoms with van der Waals surface area (Å²) >= 11 is 0. The van der Waals surface area contributed by atoms with Gasteiger partial charge in [0.1, 0.15) is 0 Å². The van der Waals surface area contributed by atoms with E-state index in [0.717, 1.165) is 0 Å². The SMILES string of the molecule is C=CC(CCCCc1ccccc1)c1ccccc1. The molecule has 0 N–H and O–H groups in total. The second kappa shape index (κ2) is 7.58. The average molecular weight is 250 g/mol. The van der Waals surface area contributed by atoms with Crippen LogP contribution in [-0.4, -0.2) is 0 Å². The predicted octanol–water partition coefficient (Wildman–Crippen LogP) is 5.37. The van der Waals surface area contributed by atoms with Gasteiger partial charge in [-0.25, -0.2) is 0 Å². The van der Waals surface area contributed by atoms with Crippen LogP contribution in [0.15, 0.2) is 73.3 Å². The summed E-state index contributed by atoms with van der Waals surface area (Å²) in [5.41, 5.74) is 2.83. The van der Waals surface area contributed by atoms with Crippen molar-refractivity contribution in [3.05, 3.63) is 84.4 Å². The Morgan fingerprint density at radius 1 is 0.842 bits per heavy atom. The first-order valence-electron chi connectivity index (χ1n) is 7.11. The summed E-state index contributed by atoms with van der Waals surface area (Å²) in [7, 11) is 0. The van der Waals surface area contributed by atoms with Crippen LogP contribution in [0.4, 0.5) is 0 Å². The second-order valence-corrected chi connectivity index (χ2v) is 4.98. The number of aryl methyl sites for hydroxylation is 1. The number of hydrogen-bond donors (Lipinski definition) is 0. The summed E-state index contributed by atoms with van der Waals surface area (Å²) in [6.45, 7) is 3.97. The van der Waals surface area contributed by atoms with Crippen LogP contribution in [0.2, 0.25) is 0 Å². The van der Waals surface area contributed by atoms with Crippen LogP contribution in [0.5, 0.6) is 0 Å². The molecule has 19 heavy (non-hydrogen) atoms. The fourth-order valence-corrected chi connectivity index (χ4v) is 2.46. The molecule has 2 aromatic carbocycles. The topological polar surface area (TPSA) is 0 Å². The van der Waals surface area contributed by atoms with E-state index in [9.17, 15) is 0 Å². The van der Waals surface area contributed by atoms with Crippen LogP contribution in [0.25, 0.3) is 0 Å². The molecule has 0 aromatic heterocycles. The monoisotopic (exact) mass is 250 g/mol. The number of allylic oxidation sites excluding steroid dienone is 1. The second-order valence-electron chi connectivity index (χ2n) is 4.98. The van der Waals surface area contributed by atoms with Crippen molar-refractivity contribution in [1.29, 1.82) is 0 Å². The lowest BCUT2D eigenvalue weighted by atomic mass is 9.93. The first-order chi connectivity index (χ1) is 9.40. The molecule has 0 spiro atoms. The summed E-state index contributed by atoms with van der Waals surface area (Å²) in [6.07, 6.45) is 6.96. The Kier molecular flexibility index (Phi) is 5.43. The highest BCUT2D eigenvalue weighted by atomic mass is 14.1. The molecule has 1 atom stereocenters. The van der Waals surface area contributed by atoms with Crippen molar-refractivity contribution in [2.75, 3.05) is 0 Å². The third-order valence-electron chi connectivity index (χ3n) is 3.59. The summed E-state index contributed by atoms with van der Waals surface area (Å²) in [5.74, 6) is 0.497. The third kappa shape index (κ3) is 4.40. The van der Waals surface area contributed by atoms with E-state index >= 15 is 0 Å². The van der Waals surface area contributed by atoms with E-state index in [0.29, 0.717) is 5.92 Å². The summed E-state index contributed by atoms with van der Waals surface area (Å²) in [4.78, 5) is 0. The molecule has 0 saturated carbocycles. The van der Waals surface area contributed by atoms with E-state index in [1.807, 2.05) is 0 Å². The van der Waals surface area contributed by atoms with Crippen LogP contribution < -0.4 is 0 Å². The summed E-state index contributed by atoms with van der Waals surface area (Å²) < 4.78 is 0. The lowest BCUT2D eigenvalue weighted by Gasteiger charge is -2.12. The Bertz CT molecular complexity index is 470. The molecule has 0 saturated heterocycles. The quantitative estimate of drug-likeness (QED) is 0.458. The van der Waals surface area contributed by atoms with Gasteiger partial charge in [0.25, 0.3) is 0 Å². The maximum Gasteiger partial charge on any atom is 0.00152 e. The van der Waals surface area contributed by atoms with Crippen LogP contribution in [0, 0.1) is 0 Å². The van der Waals surface area contributed by atoms with Crippen molar-refractivity contribution < 1.29 is 0 Å². The van der Waals surface area contributed by atoms with E-state index in [2.05, 4.69) is 73.3 Å². The number of unbranched alkanes of at least 4 members (excludes halogenated alkanes) is 1. The van der Waals surface area contributed by atoms with E-state index in [1.54, 1.807) is 0 Å². The molecule has 0 bridgehead atoms. The van der Waals surface area contributed by atoms with E-state index in [-0.39, 0.29) is 0 Å². The van der Waals surface area contributed by atoms with Crippen LogP contribution in [0.3, 0.4) is 0 Å². The average Bonchev–Trinajstić information content (AvgIpc) is 2.49. The molecule has 0 aliphatic heterocycles. The molecule has 1 unspecified atom stereocenters. The zero-order valence-corrected chi connectivity index (χ0v) is 11.5. The maximum atomic E-state index is 3.97. The van der Waals surface area contributed by atoms with Gasteiger partial charge in [-0.05, 0) is 30.4 Å². The molecule has 2 aromatic rings. The molecule has 0 amide bonds. The van der Waals surface area contributed by atoms with Crippen LogP contribution in [0.1, 0.15) is 36.3 Å². The van der Waals surface area contributed by atoms with Gasteiger partial charge in [-0.15, -0.1) is 6.58 Å². The van der Waals surface area contributed by atoms with Gasteiger partial charge in [0.05, 0.1) is 0 Å². The Balaban J connectivity index is 1.77. The van der Waals surface area contributed by atoms with Crippen molar-refractivity contribution >= 4 is 0 Å². The minimum atomic E-state index is 0.497. The molecular formula is C19H22. The summed E-state index contributed by atoms with van der Waals surface area (Å²) in [5, 5.41) is 0. The number of benzene rings is 2. The van der Waals surface area contributed by atoms with Crippen LogP contribution in [-0.2, 0) is 6.42 Å². The maximum absolute atomic E-state index is 3.97. The molecule has 98 valence electrons. The molecule has 0 nitrogen and oxygen atoms in total. The van der Waals surface area contributed by atoms with Gasteiger partial charge < -0.3 is 0 Å². The molecular weight excluding hydrogens is 228 g/mol. The van der Waals surface area contributed by atoms with Crippen molar-refractivity contribution in [3.63, 3.8) is 0 Å². The smallest absolute Gasteiger partial charge is 0.00152 e. The Hall–Kier alpha value is -1.82. The van der Waals surface area contributed by atoms with Crippen molar-refractivity contribution in [2.24, 2.45) is 0 Å². The molecule has 0 aliphatic carbocycles. The van der Waals surface area contributed by atoms with Gasteiger partial charge in [0, 0.05) is 5.92 Å². The van der Waals surface area contributed by atoms with Gasteiger partial charge in [0.2, 0.25) is 0 Å². The predicted molar refractivity (Wildman–Crippen MR) is 83.4 cm³/mol. The number of rotatable bonds is 7. The van der Waals surface area contributed by atoms with Crippen molar-refractivity contribution in [1.82, 2.24) is 0 Å². The van der Waals surface area contributed by atoms with Crippen LogP contribution >= 0.6 is 0 Å². The van der Waals surface area contributed by atoms with E-state index in [4.69, 9.17) is 0 Å². The minimum absolute atomic E-state index is 0.497. The van der Waals surface area contributed by atoms with Gasteiger partial charge in [0.15, 0.2) is 0 Å². The molecule has 0 radical (unpaired) electrons. The van der Waals surface area contributed by atoms with E-state index in [1.165, 1.54) is 36.8 Å². The van der Waals surface area contributed by atoms with E-state index < -0.39 is 0 Å². The molecule has 2 rings (SSSR count). The first kappa shape index (κ1) is 13.6. The highest BCUT2D eigenvalue weighted by Gasteiger charge is 2.06. The van der Waals surface area contributed by atoms with Gasteiger partial charge in [-0.1, -0.05) is 73.2 Å². The Morgan fingerprint density at radius 3 is 2.11 bits per heavy atom. The zero-order chi connectivity index (χ0) is 13.3. The molecule has 0 heteroatoms. The fourth-order valence-electron chi connectivity index (χ4n) is 2.46. The highest BCUT2D eigenvalue weighted by Crippen LogP contribution is 2.23. The van der Waals surface area contributed by atoms with Crippen molar-refractivity contribution in [3.8, 4) is 0 Å². The Morgan fingerprint density at radius 2 is 1.47 bits per heavy atom. The zero-order valence-electron chi connectivity index (χ0n) is 11.5.